The lowest BCUT2D eigenvalue weighted by atomic mass is 10.3. The van der Waals surface area contributed by atoms with E-state index in [9.17, 15) is 9.59 Å². The molecule has 1 N–H and O–H groups in total. The van der Waals surface area contributed by atoms with Crippen molar-refractivity contribution in [3.63, 3.8) is 0 Å². The minimum Gasteiger partial charge on any atom is -0.448 e. The summed E-state index contributed by atoms with van der Waals surface area (Å²) in [7, 11) is 0. The van der Waals surface area contributed by atoms with Gasteiger partial charge in [0, 0.05) is 0 Å². The molecule has 2 atom stereocenters. The van der Waals surface area contributed by atoms with Crippen molar-refractivity contribution in [1.82, 2.24) is 0 Å². The molecule has 1 aliphatic heterocycles. The fourth-order valence-electron chi connectivity index (χ4n) is 0.694. The summed E-state index contributed by atoms with van der Waals surface area (Å²) >= 11 is 0. The molecule has 0 amide bonds. The first kappa shape index (κ1) is 8.00. The van der Waals surface area contributed by atoms with Crippen LogP contribution >= 0.6 is 0 Å². The molecule has 0 saturated carbocycles. The number of ether oxygens (including phenoxy) is 2. The number of hydrogen-bond acceptors (Lipinski definition) is 5. The topological polar surface area (TPSA) is 72.8 Å². The molecule has 0 unspecified atom stereocenters. The van der Waals surface area contributed by atoms with Crippen LogP contribution in [0, 0.1) is 0 Å². The number of aliphatic hydroxyl groups is 1. The van der Waals surface area contributed by atoms with Gasteiger partial charge in [-0.2, -0.15) is 0 Å². The molecule has 11 heavy (non-hydrogen) atoms. The van der Waals surface area contributed by atoms with Gasteiger partial charge in [-0.25, -0.2) is 9.59 Å². The van der Waals surface area contributed by atoms with Crippen molar-refractivity contribution < 1.29 is 24.2 Å². The largest absolute Gasteiger partial charge is 0.448 e. The van der Waals surface area contributed by atoms with Crippen molar-refractivity contribution in [2.75, 3.05) is 6.61 Å². The summed E-state index contributed by atoms with van der Waals surface area (Å²) in [5.74, 6) is -1.32. The maximum absolute atomic E-state index is 10.7. The Kier molecular flexibility index (Phi) is 2.09. The average Bonchev–Trinajstić information content (AvgIpc) is 1.97. The fourth-order valence-corrected chi connectivity index (χ4v) is 0.694. The van der Waals surface area contributed by atoms with Crippen LogP contribution in [-0.2, 0) is 19.1 Å². The second-order valence-electron chi connectivity index (χ2n) is 2.19. The standard InChI is InChI=1S/C6H8O5/c1-3-5(8)11-4(2-7)6(9)10-3/h3-4,7H,2H2,1H3/t3-,4-/m0/s1. The van der Waals surface area contributed by atoms with Crippen LogP contribution in [0.1, 0.15) is 6.92 Å². The number of esters is 2. The van der Waals surface area contributed by atoms with Crippen molar-refractivity contribution in [3.8, 4) is 0 Å². The van der Waals surface area contributed by atoms with Crippen LogP contribution < -0.4 is 0 Å². The van der Waals surface area contributed by atoms with E-state index in [1.165, 1.54) is 6.92 Å². The van der Waals surface area contributed by atoms with Gasteiger partial charge in [-0.15, -0.1) is 0 Å². The Hall–Kier alpha value is -1.10. The summed E-state index contributed by atoms with van der Waals surface area (Å²) in [5.41, 5.74) is 0. The molecule has 0 bridgehead atoms. The van der Waals surface area contributed by atoms with Crippen molar-refractivity contribution in [2.24, 2.45) is 0 Å². The highest BCUT2D eigenvalue weighted by Gasteiger charge is 2.34. The highest BCUT2D eigenvalue weighted by Crippen LogP contribution is 2.08. The molecule has 1 saturated heterocycles. The fraction of sp³-hybridized carbons (Fsp3) is 0.667. The number of rotatable bonds is 1. The average molecular weight is 160 g/mol. The number of hydrogen-bond donors (Lipinski definition) is 1. The molecule has 62 valence electrons. The molecular formula is C6H8O5. The second-order valence-corrected chi connectivity index (χ2v) is 2.19. The number of carbonyl (C=O) groups excluding carboxylic acids is 2. The molecular weight excluding hydrogens is 152 g/mol. The highest BCUT2D eigenvalue weighted by molar-refractivity contribution is 5.87. The predicted molar refractivity (Wildman–Crippen MR) is 32.5 cm³/mol. The summed E-state index contributed by atoms with van der Waals surface area (Å²) in [6.07, 6.45) is -2.00. The summed E-state index contributed by atoms with van der Waals surface area (Å²) in [6, 6.07) is 0. The zero-order valence-electron chi connectivity index (χ0n) is 5.94. The lowest BCUT2D eigenvalue weighted by Gasteiger charge is -2.23. The lowest BCUT2D eigenvalue weighted by molar-refractivity contribution is -0.195. The van der Waals surface area contributed by atoms with Crippen LogP contribution in [-0.4, -0.2) is 35.9 Å². The zero-order valence-corrected chi connectivity index (χ0v) is 5.94. The quantitative estimate of drug-likeness (QED) is 0.489. The maximum atomic E-state index is 10.7. The SMILES string of the molecule is C[C@@H]1OC(=O)[C@H](CO)OC1=O. The van der Waals surface area contributed by atoms with E-state index in [4.69, 9.17) is 5.11 Å². The van der Waals surface area contributed by atoms with Crippen LogP contribution in [0.4, 0.5) is 0 Å². The lowest BCUT2D eigenvalue weighted by Crippen LogP contribution is -2.44. The summed E-state index contributed by atoms with van der Waals surface area (Å²) in [4.78, 5) is 21.4. The van der Waals surface area contributed by atoms with Crippen LogP contribution in [0.3, 0.4) is 0 Å². The van der Waals surface area contributed by atoms with E-state index in [2.05, 4.69) is 9.47 Å². The number of aliphatic hydroxyl groups excluding tert-OH is 1. The molecule has 5 heteroatoms. The van der Waals surface area contributed by atoms with Gasteiger partial charge in [0.05, 0.1) is 6.61 Å². The third-order valence-electron chi connectivity index (χ3n) is 1.31. The summed E-state index contributed by atoms with van der Waals surface area (Å²) in [6.45, 7) is 0.880. The minimum absolute atomic E-state index is 0.530. The Morgan fingerprint density at radius 3 is 2.55 bits per heavy atom. The molecule has 0 aliphatic carbocycles. The molecule has 1 fully saturated rings. The van der Waals surface area contributed by atoms with Crippen LogP contribution in [0.5, 0.6) is 0 Å². The van der Waals surface area contributed by atoms with Crippen LogP contribution in [0.2, 0.25) is 0 Å². The normalized spacial score (nSPS) is 31.1. The highest BCUT2D eigenvalue weighted by atomic mass is 16.6. The van der Waals surface area contributed by atoms with Gasteiger partial charge in [0.2, 0.25) is 6.10 Å². The van der Waals surface area contributed by atoms with E-state index < -0.39 is 30.8 Å². The first-order chi connectivity index (χ1) is 5.15. The van der Waals surface area contributed by atoms with Crippen molar-refractivity contribution in [2.45, 2.75) is 19.1 Å². The van der Waals surface area contributed by atoms with E-state index in [1.54, 1.807) is 0 Å². The Bertz CT molecular complexity index is 187. The molecule has 5 nitrogen and oxygen atoms in total. The Morgan fingerprint density at radius 2 is 2.00 bits per heavy atom. The van der Waals surface area contributed by atoms with Crippen molar-refractivity contribution >= 4 is 11.9 Å². The van der Waals surface area contributed by atoms with E-state index in [-0.39, 0.29) is 0 Å². The Balaban J connectivity index is 2.62. The third-order valence-corrected chi connectivity index (χ3v) is 1.31. The molecule has 0 aromatic carbocycles. The van der Waals surface area contributed by atoms with Gasteiger partial charge in [0.15, 0.2) is 6.10 Å². The van der Waals surface area contributed by atoms with Gasteiger partial charge in [-0.1, -0.05) is 0 Å². The zero-order chi connectivity index (χ0) is 8.43. The Labute approximate surface area is 62.9 Å². The van der Waals surface area contributed by atoms with Crippen molar-refractivity contribution in [1.29, 1.82) is 0 Å². The van der Waals surface area contributed by atoms with E-state index in [0.29, 0.717) is 0 Å². The van der Waals surface area contributed by atoms with E-state index >= 15 is 0 Å². The molecule has 1 heterocycles. The molecule has 0 radical (unpaired) electrons. The van der Waals surface area contributed by atoms with Gasteiger partial charge in [-0.3, -0.25) is 0 Å². The second kappa shape index (κ2) is 2.87. The number of carbonyl (C=O) groups is 2. The predicted octanol–water partition coefficient (Wildman–Crippen LogP) is -1.16. The van der Waals surface area contributed by atoms with E-state index in [1.807, 2.05) is 0 Å². The molecule has 0 aromatic heterocycles. The molecule has 1 aliphatic rings. The van der Waals surface area contributed by atoms with E-state index in [0.717, 1.165) is 0 Å². The molecule has 0 spiro atoms. The van der Waals surface area contributed by atoms with Crippen LogP contribution in [0.25, 0.3) is 0 Å². The first-order valence-corrected chi connectivity index (χ1v) is 3.17. The van der Waals surface area contributed by atoms with Gasteiger partial charge < -0.3 is 14.6 Å². The monoisotopic (exact) mass is 160 g/mol. The first-order valence-electron chi connectivity index (χ1n) is 3.17. The van der Waals surface area contributed by atoms with Crippen LogP contribution in [0.15, 0.2) is 0 Å². The minimum atomic E-state index is -1.14. The van der Waals surface area contributed by atoms with Gasteiger partial charge in [0.25, 0.3) is 0 Å². The smallest absolute Gasteiger partial charge is 0.350 e. The van der Waals surface area contributed by atoms with Gasteiger partial charge >= 0.3 is 11.9 Å². The molecule has 0 aromatic rings. The molecule has 1 rings (SSSR count). The van der Waals surface area contributed by atoms with Crippen molar-refractivity contribution in [3.05, 3.63) is 0 Å². The Morgan fingerprint density at radius 1 is 1.36 bits per heavy atom. The third kappa shape index (κ3) is 1.48. The summed E-state index contributed by atoms with van der Waals surface area (Å²) in [5, 5.41) is 8.49. The van der Waals surface area contributed by atoms with Gasteiger partial charge in [0.1, 0.15) is 0 Å². The number of cyclic esters (lactones) is 2. The van der Waals surface area contributed by atoms with Gasteiger partial charge in [-0.05, 0) is 6.92 Å². The maximum Gasteiger partial charge on any atom is 0.350 e. The summed E-state index contributed by atoms with van der Waals surface area (Å²) < 4.78 is 9.02.